The number of nitrogens with one attached hydrogen (secondary N) is 1. The van der Waals surface area contributed by atoms with E-state index in [4.69, 9.17) is 34.7 Å². The smallest absolute Gasteiger partial charge is 0.0359 e. The van der Waals surface area contributed by atoms with Gasteiger partial charge in [0, 0.05) is 11.8 Å². The summed E-state index contributed by atoms with van der Waals surface area (Å²) in [6, 6.07) is 0. The second-order valence-corrected chi connectivity index (χ2v) is 3.17. The summed E-state index contributed by atoms with van der Waals surface area (Å²) in [5.74, 6) is 1.11. The fourth-order valence-electron chi connectivity index (χ4n) is 0.579. The van der Waals surface area contributed by atoms with E-state index in [1.54, 1.807) is 0 Å². The summed E-state index contributed by atoms with van der Waals surface area (Å²) < 4.78 is 0. The van der Waals surface area contributed by atoms with Gasteiger partial charge in [-0.05, 0) is 39.0 Å². The van der Waals surface area contributed by atoms with E-state index in [9.17, 15) is 0 Å². The van der Waals surface area contributed by atoms with E-state index in [1.165, 1.54) is 0 Å². The summed E-state index contributed by atoms with van der Waals surface area (Å²) in [5.41, 5.74) is 10.6. The Bertz CT molecular complexity index is 66.4. The van der Waals surface area contributed by atoms with Crippen molar-refractivity contribution >= 4 is 23.2 Å². The third kappa shape index (κ3) is 24.5. The molecule has 0 radical (unpaired) electrons. The lowest BCUT2D eigenvalue weighted by molar-refractivity contribution is 0.631. The van der Waals surface area contributed by atoms with E-state index >= 15 is 0 Å². The number of hydrogen-bond acceptors (Lipinski definition) is 3. The lowest BCUT2D eigenvalue weighted by Crippen LogP contribution is -2.21. The van der Waals surface area contributed by atoms with Crippen LogP contribution in [0, 0.1) is 0 Å². The molecule has 0 fully saturated rings. The first-order valence-electron chi connectivity index (χ1n) is 4.56. The first-order valence-corrected chi connectivity index (χ1v) is 5.63. The summed E-state index contributed by atoms with van der Waals surface area (Å²) >= 11 is 10.1. The fourth-order valence-corrected chi connectivity index (χ4v) is 0.579. The third-order valence-corrected chi connectivity index (χ3v) is 1.76. The highest BCUT2D eigenvalue weighted by atomic mass is 35.5. The Morgan fingerprint density at radius 3 is 1.46 bits per heavy atom. The fraction of sp³-hybridized carbons (Fsp3) is 1.00. The quantitative estimate of drug-likeness (QED) is 0.446. The van der Waals surface area contributed by atoms with Crippen LogP contribution < -0.4 is 16.8 Å². The van der Waals surface area contributed by atoms with Gasteiger partial charge < -0.3 is 16.8 Å². The van der Waals surface area contributed by atoms with Crippen LogP contribution in [0.4, 0.5) is 0 Å². The van der Waals surface area contributed by atoms with Gasteiger partial charge in [-0.3, -0.25) is 0 Å². The predicted octanol–water partition coefficient (Wildman–Crippen LogP) is 0.738. The van der Waals surface area contributed by atoms with Crippen LogP contribution in [0.25, 0.3) is 0 Å². The molecule has 0 aromatic heterocycles. The molecular weight excluding hydrogens is 209 g/mol. The molecule has 0 saturated carbocycles. The van der Waals surface area contributed by atoms with Gasteiger partial charge in [0.15, 0.2) is 0 Å². The normalized spacial score (nSPS) is 9.23. The van der Waals surface area contributed by atoms with Crippen molar-refractivity contribution in [3.05, 3.63) is 0 Å². The van der Waals surface area contributed by atoms with E-state index in [2.05, 4.69) is 5.32 Å². The van der Waals surface area contributed by atoms with Crippen LogP contribution in [0.5, 0.6) is 0 Å². The molecule has 0 heterocycles. The van der Waals surface area contributed by atoms with Crippen LogP contribution in [0.3, 0.4) is 0 Å². The van der Waals surface area contributed by atoms with Gasteiger partial charge in [0.05, 0.1) is 0 Å². The summed E-state index contributed by atoms with van der Waals surface area (Å²) in [6.45, 7) is 3.60. The second-order valence-electron chi connectivity index (χ2n) is 2.41. The summed E-state index contributed by atoms with van der Waals surface area (Å²) in [7, 11) is 0. The van der Waals surface area contributed by atoms with Crippen molar-refractivity contribution in [2.75, 3.05) is 37.9 Å². The number of hydrogen-bond donors (Lipinski definition) is 3. The molecular formula is C8H21Cl2N3. The van der Waals surface area contributed by atoms with Crippen LogP contribution in [-0.2, 0) is 0 Å². The Hall–Kier alpha value is 0.460. The minimum absolute atomic E-state index is 0.557. The van der Waals surface area contributed by atoms with Crippen LogP contribution in [0.2, 0.25) is 0 Å². The molecule has 0 amide bonds. The zero-order valence-electron chi connectivity index (χ0n) is 8.07. The highest BCUT2D eigenvalue weighted by Crippen LogP contribution is 1.75. The van der Waals surface area contributed by atoms with E-state index in [0.29, 0.717) is 11.8 Å². The van der Waals surface area contributed by atoms with Gasteiger partial charge in [-0.1, -0.05) is 0 Å². The lowest BCUT2D eigenvalue weighted by atomic mass is 10.4. The minimum atomic E-state index is 0.557. The number of alkyl halides is 2. The molecule has 0 atom stereocenters. The van der Waals surface area contributed by atoms with Crippen molar-refractivity contribution in [3.63, 3.8) is 0 Å². The molecule has 0 spiro atoms. The van der Waals surface area contributed by atoms with E-state index < -0.39 is 0 Å². The summed E-state index contributed by atoms with van der Waals surface area (Å²) in [5, 5.41) is 3.23. The monoisotopic (exact) mass is 229 g/mol. The number of rotatable bonds is 7. The molecule has 0 bridgehead atoms. The molecule has 3 nitrogen and oxygen atoms in total. The van der Waals surface area contributed by atoms with Crippen LogP contribution >= 0.6 is 23.2 Å². The van der Waals surface area contributed by atoms with Gasteiger partial charge in [-0.25, -0.2) is 0 Å². The maximum atomic E-state index is 5.28. The molecule has 0 aliphatic carbocycles. The average Bonchev–Trinajstić information content (AvgIpc) is 2.18. The van der Waals surface area contributed by atoms with Gasteiger partial charge in [0.25, 0.3) is 0 Å². The zero-order valence-corrected chi connectivity index (χ0v) is 9.58. The summed E-state index contributed by atoms with van der Waals surface area (Å²) in [4.78, 5) is 0. The Balaban J connectivity index is 0. The molecule has 0 saturated heterocycles. The molecule has 5 heteroatoms. The van der Waals surface area contributed by atoms with Gasteiger partial charge in [-0.2, -0.15) is 0 Å². The SMILES string of the molecule is ClCCCl.NCCCNCCCN. The van der Waals surface area contributed by atoms with Crippen molar-refractivity contribution < 1.29 is 0 Å². The third-order valence-electron chi connectivity index (χ3n) is 1.19. The molecule has 0 aromatic rings. The van der Waals surface area contributed by atoms with Gasteiger partial charge in [0.2, 0.25) is 0 Å². The topological polar surface area (TPSA) is 64.1 Å². The highest BCUT2D eigenvalue weighted by molar-refractivity contribution is 6.25. The molecule has 0 aliphatic rings. The van der Waals surface area contributed by atoms with Gasteiger partial charge >= 0.3 is 0 Å². The minimum Gasteiger partial charge on any atom is -0.330 e. The first-order chi connectivity index (χ1) is 6.33. The molecule has 82 valence electrons. The van der Waals surface area contributed by atoms with Crippen LogP contribution in [-0.4, -0.2) is 37.9 Å². The maximum Gasteiger partial charge on any atom is 0.0359 e. The maximum absolute atomic E-state index is 5.28. The van der Waals surface area contributed by atoms with Crippen LogP contribution in [0.15, 0.2) is 0 Å². The van der Waals surface area contributed by atoms with E-state index in [1.807, 2.05) is 0 Å². The Kier molecular flexibility index (Phi) is 22.4. The Labute approximate surface area is 91.1 Å². The predicted molar refractivity (Wildman–Crippen MR) is 61.7 cm³/mol. The standard InChI is InChI=1S/C6H17N3.C2H4Cl2/c7-3-1-5-9-6-2-4-8;3-1-2-4/h9H,1-8H2;1-2H2. The van der Waals surface area contributed by atoms with Crippen molar-refractivity contribution in [1.29, 1.82) is 0 Å². The van der Waals surface area contributed by atoms with Crippen molar-refractivity contribution in [3.8, 4) is 0 Å². The summed E-state index contributed by atoms with van der Waals surface area (Å²) in [6.07, 6.45) is 2.12. The first kappa shape index (κ1) is 15.9. The second kappa shape index (κ2) is 18.3. The lowest BCUT2D eigenvalue weighted by Gasteiger charge is -2.00. The van der Waals surface area contributed by atoms with Crippen LogP contribution in [0.1, 0.15) is 12.8 Å². The highest BCUT2D eigenvalue weighted by Gasteiger charge is 1.83. The van der Waals surface area contributed by atoms with Gasteiger partial charge in [0.1, 0.15) is 0 Å². The Morgan fingerprint density at radius 1 is 0.846 bits per heavy atom. The Morgan fingerprint density at radius 2 is 1.23 bits per heavy atom. The molecule has 0 rings (SSSR count). The molecule has 13 heavy (non-hydrogen) atoms. The zero-order chi connectivity index (χ0) is 10.4. The van der Waals surface area contributed by atoms with E-state index in [0.717, 1.165) is 39.0 Å². The van der Waals surface area contributed by atoms with E-state index in [-0.39, 0.29) is 0 Å². The molecule has 5 N–H and O–H groups in total. The van der Waals surface area contributed by atoms with Crippen molar-refractivity contribution in [2.24, 2.45) is 11.5 Å². The average molecular weight is 230 g/mol. The van der Waals surface area contributed by atoms with Crippen molar-refractivity contribution in [1.82, 2.24) is 5.32 Å². The molecule has 0 aliphatic heterocycles. The van der Waals surface area contributed by atoms with Crippen molar-refractivity contribution in [2.45, 2.75) is 12.8 Å². The number of nitrogens with two attached hydrogens (primary N) is 2. The largest absolute Gasteiger partial charge is 0.330 e. The molecule has 0 unspecified atom stereocenters. The number of halogens is 2. The van der Waals surface area contributed by atoms with Gasteiger partial charge in [-0.15, -0.1) is 23.2 Å². The molecule has 0 aromatic carbocycles.